The van der Waals surface area contributed by atoms with Gasteiger partial charge in [-0.05, 0) is 48.7 Å². The number of halogens is 1. The van der Waals surface area contributed by atoms with Crippen molar-refractivity contribution >= 4 is 15.9 Å². The van der Waals surface area contributed by atoms with Crippen molar-refractivity contribution in [2.24, 2.45) is 5.92 Å². The second-order valence-corrected chi connectivity index (χ2v) is 5.33. The van der Waals surface area contributed by atoms with Gasteiger partial charge < -0.3 is 10.1 Å². The van der Waals surface area contributed by atoms with Crippen molar-refractivity contribution in [2.45, 2.75) is 33.4 Å². The SMILES string of the molecule is CCn1nc(C)c(Br)c1COCC1CCNC1. The predicted molar refractivity (Wildman–Crippen MR) is 71.0 cm³/mol. The summed E-state index contributed by atoms with van der Waals surface area (Å²) in [6.45, 7) is 8.70. The molecule has 1 aromatic rings. The summed E-state index contributed by atoms with van der Waals surface area (Å²) in [6.07, 6.45) is 1.23. The number of rotatable bonds is 5. The van der Waals surface area contributed by atoms with Crippen molar-refractivity contribution in [3.63, 3.8) is 0 Å². The van der Waals surface area contributed by atoms with Gasteiger partial charge in [-0.2, -0.15) is 5.10 Å². The lowest BCUT2D eigenvalue weighted by Crippen LogP contribution is -2.14. The number of nitrogens with one attached hydrogen (secondary N) is 1. The fourth-order valence-electron chi connectivity index (χ4n) is 2.19. The normalized spacial score (nSPS) is 20.1. The molecule has 96 valence electrons. The number of hydrogen-bond acceptors (Lipinski definition) is 3. The average Bonchev–Trinajstić information content (AvgIpc) is 2.92. The monoisotopic (exact) mass is 301 g/mol. The number of aryl methyl sites for hydroxylation is 2. The van der Waals surface area contributed by atoms with Gasteiger partial charge in [0.2, 0.25) is 0 Å². The zero-order chi connectivity index (χ0) is 12.3. The second-order valence-electron chi connectivity index (χ2n) is 4.54. The summed E-state index contributed by atoms with van der Waals surface area (Å²) in [5.74, 6) is 0.674. The van der Waals surface area contributed by atoms with Crippen molar-refractivity contribution < 1.29 is 4.74 Å². The largest absolute Gasteiger partial charge is 0.375 e. The molecule has 0 radical (unpaired) electrons. The molecular weight excluding hydrogens is 282 g/mol. The zero-order valence-electron chi connectivity index (χ0n) is 10.5. The molecular formula is C12H20BrN3O. The first-order valence-corrected chi connectivity index (χ1v) is 7.02. The van der Waals surface area contributed by atoms with E-state index in [-0.39, 0.29) is 0 Å². The Hall–Kier alpha value is -0.390. The first-order chi connectivity index (χ1) is 8.22. The molecule has 0 spiro atoms. The van der Waals surface area contributed by atoms with Crippen LogP contribution in [0.4, 0.5) is 0 Å². The van der Waals surface area contributed by atoms with Crippen LogP contribution in [0.2, 0.25) is 0 Å². The molecule has 1 unspecified atom stereocenters. The van der Waals surface area contributed by atoms with Gasteiger partial charge in [0.05, 0.1) is 29.1 Å². The average molecular weight is 302 g/mol. The van der Waals surface area contributed by atoms with Crippen LogP contribution in [0.1, 0.15) is 24.7 Å². The lowest BCUT2D eigenvalue weighted by Gasteiger charge is -2.10. The van der Waals surface area contributed by atoms with E-state index in [1.54, 1.807) is 0 Å². The maximum absolute atomic E-state index is 5.81. The van der Waals surface area contributed by atoms with Crippen LogP contribution >= 0.6 is 15.9 Å². The van der Waals surface area contributed by atoms with Gasteiger partial charge in [-0.25, -0.2) is 0 Å². The second kappa shape index (κ2) is 5.98. The molecule has 0 aliphatic carbocycles. The van der Waals surface area contributed by atoms with Crippen LogP contribution in [0.3, 0.4) is 0 Å². The predicted octanol–water partition coefficient (Wildman–Crippen LogP) is 2.10. The smallest absolute Gasteiger partial charge is 0.0896 e. The van der Waals surface area contributed by atoms with Crippen molar-refractivity contribution in [1.29, 1.82) is 0 Å². The van der Waals surface area contributed by atoms with Gasteiger partial charge >= 0.3 is 0 Å². The number of ether oxygens (including phenoxy) is 1. The third kappa shape index (κ3) is 3.09. The van der Waals surface area contributed by atoms with Crippen molar-refractivity contribution in [2.75, 3.05) is 19.7 Å². The molecule has 1 aliphatic heterocycles. The molecule has 4 nitrogen and oxygen atoms in total. The number of aromatic nitrogens is 2. The number of hydrogen-bond donors (Lipinski definition) is 1. The molecule has 0 amide bonds. The van der Waals surface area contributed by atoms with E-state index in [9.17, 15) is 0 Å². The van der Waals surface area contributed by atoms with Crippen LogP contribution in [-0.2, 0) is 17.9 Å². The fraction of sp³-hybridized carbons (Fsp3) is 0.750. The summed E-state index contributed by atoms with van der Waals surface area (Å²) in [4.78, 5) is 0. The first kappa shape index (κ1) is 13.1. The van der Waals surface area contributed by atoms with Gasteiger partial charge in [0.1, 0.15) is 0 Å². The summed E-state index contributed by atoms with van der Waals surface area (Å²) in [5, 5.41) is 7.81. The summed E-state index contributed by atoms with van der Waals surface area (Å²) in [5.41, 5.74) is 2.18. The maximum Gasteiger partial charge on any atom is 0.0896 e. The van der Waals surface area contributed by atoms with Crippen molar-refractivity contribution in [1.82, 2.24) is 15.1 Å². The van der Waals surface area contributed by atoms with E-state index in [2.05, 4.69) is 33.3 Å². The molecule has 1 aromatic heterocycles. The molecule has 1 saturated heterocycles. The highest BCUT2D eigenvalue weighted by atomic mass is 79.9. The van der Waals surface area contributed by atoms with Gasteiger partial charge in [0, 0.05) is 13.1 Å². The van der Waals surface area contributed by atoms with Gasteiger partial charge in [-0.1, -0.05) is 0 Å². The van der Waals surface area contributed by atoms with Crippen LogP contribution in [0.15, 0.2) is 4.47 Å². The van der Waals surface area contributed by atoms with Crippen LogP contribution in [0.5, 0.6) is 0 Å². The molecule has 1 fully saturated rings. The molecule has 5 heteroatoms. The topological polar surface area (TPSA) is 39.1 Å². The molecule has 0 bridgehead atoms. The molecule has 1 aliphatic rings. The Morgan fingerprint density at radius 1 is 1.59 bits per heavy atom. The Morgan fingerprint density at radius 2 is 2.41 bits per heavy atom. The van der Waals surface area contributed by atoms with E-state index in [1.165, 1.54) is 6.42 Å². The molecule has 1 N–H and O–H groups in total. The highest BCUT2D eigenvalue weighted by Crippen LogP contribution is 2.22. The highest BCUT2D eigenvalue weighted by molar-refractivity contribution is 9.10. The van der Waals surface area contributed by atoms with E-state index < -0.39 is 0 Å². The third-order valence-electron chi connectivity index (χ3n) is 3.21. The molecule has 0 aromatic carbocycles. The van der Waals surface area contributed by atoms with Crippen LogP contribution < -0.4 is 5.32 Å². The van der Waals surface area contributed by atoms with Crippen LogP contribution in [0.25, 0.3) is 0 Å². The molecule has 17 heavy (non-hydrogen) atoms. The number of nitrogens with zero attached hydrogens (tertiary/aromatic N) is 2. The summed E-state index contributed by atoms with van der Waals surface area (Å²) < 4.78 is 8.90. The Balaban J connectivity index is 1.89. The van der Waals surface area contributed by atoms with Crippen molar-refractivity contribution in [3.05, 3.63) is 15.9 Å². The highest BCUT2D eigenvalue weighted by Gasteiger charge is 2.16. The van der Waals surface area contributed by atoms with Crippen LogP contribution in [0, 0.1) is 12.8 Å². The van der Waals surface area contributed by atoms with E-state index in [4.69, 9.17) is 4.74 Å². The Bertz CT molecular complexity index is 372. The fourth-order valence-corrected chi connectivity index (χ4v) is 2.58. The quantitative estimate of drug-likeness (QED) is 0.905. The minimum absolute atomic E-state index is 0.645. The van der Waals surface area contributed by atoms with Crippen LogP contribution in [-0.4, -0.2) is 29.5 Å². The minimum Gasteiger partial charge on any atom is -0.375 e. The Kier molecular flexibility index (Phi) is 4.59. The minimum atomic E-state index is 0.645. The standard InChI is InChI=1S/C12H20BrN3O/c1-3-16-11(12(13)9(2)15-16)8-17-7-10-4-5-14-6-10/h10,14H,3-8H2,1-2H3. The summed E-state index contributed by atoms with van der Waals surface area (Å²) >= 11 is 3.58. The lowest BCUT2D eigenvalue weighted by molar-refractivity contribution is 0.0873. The first-order valence-electron chi connectivity index (χ1n) is 6.22. The van der Waals surface area contributed by atoms with Gasteiger partial charge in [-0.3, -0.25) is 4.68 Å². The third-order valence-corrected chi connectivity index (χ3v) is 4.24. The van der Waals surface area contributed by atoms with E-state index in [0.29, 0.717) is 12.5 Å². The summed E-state index contributed by atoms with van der Waals surface area (Å²) in [6, 6.07) is 0. The molecule has 1 atom stereocenters. The maximum atomic E-state index is 5.81. The lowest BCUT2D eigenvalue weighted by atomic mass is 10.1. The van der Waals surface area contributed by atoms with E-state index in [0.717, 1.165) is 42.1 Å². The van der Waals surface area contributed by atoms with Gasteiger partial charge in [-0.15, -0.1) is 0 Å². The molecule has 2 rings (SSSR count). The van der Waals surface area contributed by atoms with E-state index >= 15 is 0 Å². The van der Waals surface area contributed by atoms with Gasteiger partial charge in [0.25, 0.3) is 0 Å². The molecule has 2 heterocycles. The van der Waals surface area contributed by atoms with Crippen molar-refractivity contribution in [3.8, 4) is 0 Å². The molecule has 0 saturated carbocycles. The Morgan fingerprint density at radius 3 is 3.06 bits per heavy atom. The zero-order valence-corrected chi connectivity index (χ0v) is 12.1. The summed E-state index contributed by atoms with van der Waals surface area (Å²) in [7, 11) is 0. The van der Waals surface area contributed by atoms with E-state index in [1.807, 2.05) is 11.6 Å². The van der Waals surface area contributed by atoms with Gasteiger partial charge in [0.15, 0.2) is 0 Å². The Labute approximate surface area is 111 Å².